The van der Waals surface area contributed by atoms with Gasteiger partial charge in [-0.15, -0.1) is 0 Å². The first-order chi connectivity index (χ1) is 9.26. The molecule has 106 valence electrons. The first kappa shape index (κ1) is 15.1. The number of urea groups is 1. The van der Waals surface area contributed by atoms with Crippen LogP contribution in [0.25, 0.3) is 0 Å². The molecule has 0 spiro atoms. The van der Waals surface area contributed by atoms with Gasteiger partial charge in [-0.25, -0.2) is 4.79 Å². The summed E-state index contributed by atoms with van der Waals surface area (Å²) in [4.78, 5) is 11.2. The number of aliphatic hydroxyl groups is 1. The van der Waals surface area contributed by atoms with Crippen LogP contribution in [0.2, 0.25) is 0 Å². The van der Waals surface area contributed by atoms with E-state index < -0.39 is 0 Å². The number of amides is 2. The first-order valence-corrected chi connectivity index (χ1v) is 6.24. The Morgan fingerprint density at radius 1 is 1.16 bits per heavy atom. The van der Waals surface area contributed by atoms with Gasteiger partial charge in [0.25, 0.3) is 0 Å². The molecule has 0 fully saturated rings. The number of carbonyl (C=O) groups is 1. The van der Waals surface area contributed by atoms with E-state index in [0.717, 1.165) is 5.75 Å². The second-order valence-corrected chi connectivity index (χ2v) is 3.70. The van der Waals surface area contributed by atoms with Crippen LogP contribution in [-0.2, 0) is 0 Å². The molecule has 0 aliphatic carbocycles. The fourth-order valence-electron chi connectivity index (χ4n) is 1.33. The summed E-state index contributed by atoms with van der Waals surface area (Å²) in [6.07, 6.45) is 0.535. The normalized spacial score (nSPS) is 9.79. The van der Waals surface area contributed by atoms with Crippen LogP contribution in [0.3, 0.4) is 0 Å². The molecule has 0 atom stereocenters. The van der Waals surface area contributed by atoms with Crippen molar-refractivity contribution in [2.45, 2.75) is 13.3 Å². The summed E-state index contributed by atoms with van der Waals surface area (Å²) >= 11 is 0. The predicted molar refractivity (Wildman–Crippen MR) is 71.3 cm³/mol. The predicted octanol–water partition coefficient (Wildman–Crippen LogP) is 1.10. The maximum atomic E-state index is 11.2. The van der Waals surface area contributed by atoms with Gasteiger partial charge in [-0.1, -0.05) is 0 Å². The SMILES string of the molecule is CCOc1ccc(OCNC(=O)NCCCO)cc1. The molecule has 0 aliphatic heterocycles. The number of aliphatic hydroxyl groups excluding tert-OH is 1. The van der Waals surface area contributed by atoms with Crippen LogP contribution in [0, 0.1) is 0 Å². The number of hydrogen-bond donors (Lipinski definition) is 3. The molecule has 6 heteroatoms. The monoisotopic (exact) mass is 268 g/mol. The summed E-state index contributed by atoms with van der Waals surface area (Å²) in [7, 11) is 0. The van der Waals surface area contributed by atoms with E-state index in [4.69, 9.17) is 14.6 Å². The van der Waals surface area contributed by atoms with Crippen LogP contribution >= 0.6 is 0 Å². The third kappa shape index (κ3) is 6.52. The number of hydrogen-bond acceptors (Lipinski definition) is 4. The Morgan fingerprint density at radius 2 is 1.79 bits per heavy atom. The maximum Gasteiger partial charge on any atom is 0.317 e. The smallest absolute Gasteiger partial charge is 0.317 e. The molecule has 1 rings (SSSR count). The van der Waals surface area contributed by atoms with Gasteiger partial charge in [0.2, 0.25) is 0 Å². The summed E-state index contributed by atoms with van der Waals surface area (Å²) in [5.74, 6) is 1.43. The highest BCUT2D eigenvalue weighted by Crippen LogP contribution is 2.16. The van der Waals surface area contributed by atoms with Crippen molar-refractivity contribution >= 4 is 6.03 Å². The first-order valence-electron chi connectivity index (χ1n) is 6.24. The Kier molecular flexibility index (Phi) is 7.19. The zero-order valence-corrected chi connectivity index (χ0v) is 11.0. The molecular weight excluding hydrogens is 248 g/mol. The third-order valence-electron chi connectivity index (χ3n) is 2.23. The Morgan fingerprint density at radius 3 is 2.37 bits per heavy atom. The zero-order chi connectivity index (χ0) is 13.9. The Balaban J connectivity index is 2.19. The van der Waals surface area contributed by atoms with Crippen LogP contribution in [0.5, 0.6) is 11.5 Å². The van der Waals surface area contributed by atoms with E-state index >= 15 is 0 Å². The van der Waals surface area contributed by atoms with E-state index in [1.54, 1.807) is 24.3 Å². The number of nitrogens with one attached hydrogen (secondary N) is 2. The minimum absolute atomic E-state index is 0.0585. The van der Waals surface area contributed by atoms with Crippen molar-refractivity contribution in [3.8, 4) is 11.5 Å². The second kappa shape index (κ2) is 9.04. The second-order valence-electron chi connectivity index (χ2n) is 3.70. The van der Waals surface area contributed by atoms with Gasteiger partial charge in [0.05, 0.1) is 6.61 Å². The molecule has 2 amide bonds. The molecule has 0 radical (unpaired) electrons. The average molecular weight is 268 g/mol. The van der Waals surface area contributed by atoms with Gasteiger partial charge >= 0.3 is 6.03 Å². The van der Waals surface area contributed by atoms with Crippen LogP contribution in [0.4, 0.5) is 4.79 Å². The van der Waals surface area contributed by atoms with Gasteiger partial charge in [0.15, 0.2) is 6.73 Å². The quantitative estimate of drug-likeness (QED) is 0.487. The molecule has 0 saturated heterocycles. The Bertz CT molecular complexity index is 367. The lowest BCUT2D eigenvalue weighted by atomic mass is 10.3. The van der Waals surface area contributed by atoms with Crippen molar-refractivity contribution in [2.24, 2.45) is 0 Å². The van der Waals surface area contributed by atoms with Crippen molar-refractivity contribution in [3.63, 3.8) is 0 Å². The van der Waals surface area contributed by atoms with E-state index in [-0.39, 0.29) is 19.4 Å². The van der Waals surface area contributed by atoms with E-state index in [9.17, 15) is 4.79 Å². The standard InChI is InChI=1S/C13H20N2O4/c1-2-18-11-4-6-12(7-5-11)19-10-15-13(17)14-8-3-9-16/h4-7,16H,2-3,8-10H2,1H3,(H2,14,15,17). The molecule has 1 aromatic rings. The summed E-state index contributed by atoms with van der Waals surface area (Å²) < 4.78 is 10.6. The minimum Gasteiger partial charge on any atom is -0.494 e. The molecular formula is C13H20N2O4. The highest BCUT2D eigenvalue weighted by Gasteiger charge is 1.99. The van der Waals surface area contributed by atoms with Gasteiger partial charge in [0.1, 0.15) is 11.5 Å². The van der Waals surface area contributed by atoms with Crippen LogP contribution < -0.4 is 20.1 Å². The summed E-state index contributed by atoms with van der Waals surface area (Å²) in [6.45, 7) is 3.12. The molecule has 0 bridgehead atoms. The number of carbonyl (C=O) groups excluding carboxylic acids is 1. The van der Waals surface area contributed by atoms with Crippen molar-refractivity contribution in [3.05, 3.63) is 24.3 Å². The number of benzene rings is 1. The van der Waals surface area contributed by atoms with Gasteiger partial charge in [-0.2, -0.15) is 0 Å². The highest BCUT2D eigenvalue weighted by molar-refractivity contribution is 5.73. The van der Waals surface area contributed by atoms with Crippen molar-refractivity contribution < 1.29 is 19.4 Å². The van der Waals surface area contributed by atoms with E-state index in [0.29, 0.717) is 25.3 Å². The average Bonchev–Trinajstić information content (AvgIpc) is 2.41. The van der Waals surface area contributed by atoms with Gasteiger partial charge < -0.3 is 25.2 Å². The molecule has 6 nitrogen and oxygen atoms in total. The van der Waals surface area contributed by atoms with Crippen molar-refractivity contribution in [1.29, 1.82) is 0 Å². The maximum absolute atomic E-state index is 11.2. The molecule has 0 heterocycles. The lowest BCUT2D eigenvalue weighted by Crippen LogP contribution is -2.38. The molecule has 1 aromatic carbocycles. The van der Waals surface area contributed by atoms with Crippen molar-refractivity contribution in [1.82, 2.24) is 10.6 Å². The van der Waals surface area contributed by atoms with Crippen LogP contribution in [0.1, 0.15) is 13.3 Å². The molecule has 0 aliphatic rings. The minimum atomic E-state index is -0.320. The fourth-order valence-corrected chi connectivity index (χ4v) is 1.33. The Hall–Kier alpha value is -1.95. The lowest BCUT2D eigenvalue weighted by molar-refractivity contribution is 0.222. The largest absolute Gasteiger partial charge is 0.494 e. The summed E-state index contributed by atoms with van der Waals surface area (Å²) in [6, 6.07) is 6.84. The highest BCUT2D eigenvalue weighted by atomic mass is 16.5. The Labute approximate surface area is 112 Å². The topological polar surface area (TPSA) is 79.8 Å². The van der Waals surface area contributed by atoms with Crippen LogP contribution in [-0.4, -0.2) is 37.6 Å². The summed E-state index contributed by atoms with van der Waals surface area (Å²) in [5.41, 5.74) is 0. The summed E-state index contributed by atoms with van der Waals surface area (Å²) in [5, 5.41) is 13.7. The van der Waals surface area contributed by atoms with Crippen LogP contribution in [0.15, 0.2) is 24.3 Å². The molecule has 19 heavy (non-hydrogen) atoms. The zero-order valence-electron chi connectivity index (χ0n) is 11.0. The third-order valence-corrected chi connectivity index (χ3v) is 2.23. The van der Waals surface area contributed by atoms with E-state index in [1.807, 2.05) is 6.92 Å². The lowest BCUT2D eigenvalue weighted by Gasteiger charge is -2.09. The van der Waals surface area contributed by atoms with E-state index in [2.05, 4.69) is 10.6 Å². The number of ether oxygens (including phenoxy) is 2. The fraction of sp³-hybridized carbons (Fsp3) is 0.462. The molecule has 0 unspecified atom stereocenters. The molecule has 0 aromatic heterocycles. The van der Waals surface area contributed by atoms with Gasteiger partial charge in [-0.05, 0) is 37.6 Å². The molecule has 0 saturated carbocycles. The van der Waals surface area contributed by atoms with Gasteiger partial charge in [-0.3, -0.25) is 0 Å². The molecule has 3 N–H and O–H groups in total. The van der Waals surface area contributed by atoms with Gasteiger partial charge in [0, 0.05) is 13.2 Å². The number of rotatable bonds is 8. The van der Waals surface area contributed by atoms with Crippen molar-refractivity contribution in [2.75, 3.05) is 26.5 Å². The van der Waals surface area contributed by atoms with E-state index in [1.165, 1.54) is 0 Å².